The molecule has 15 heavy (non-hydrogen) atoms. The van der Waals surface area contributed by atoms with Crippen LogP contribution in [0.5, 0.6) is 0 Å². The molecule has 3 N–H and O–H groups in total. The Hall–Kier alpha value is -1.10. The van der Waals surface area contributed by atoms with Gasteiger partial charge in [-0.15, -0.1) is 5.10 Å². The van der Waals surface area contributed by atoms with Gasteiger partial charge in [0.2, 0.25) is 5.95 Å². The monoisotopic (exact) mass is 209 g/mol. The van der Waals surface area contributed by atoms with E-state index in [0.29, 0.717) is 5.95 Å². The van der Waals surface area contributed by atoms with E-state index in [-0.39, 0.29) is 0 Å². The van der Waals surface area contributed by atoms with Crippen LogP contribution in [0.1, 0.15) is 25.1 Å². The third kappa shape index (κ3) is 2.68. The summed E-state index contributed by atoms with van der Waals surface area (Å²) in [5, 5.41) is 7.42. The van der Waals surface area contributed by atoms with E-state index in [4.69, 9.17) is 5.73 Å². The molecule has 0 unspecified atom stereocenters. The number of nitrogens with two attached hydrogens (primary N) is 1. The van der Waals surface area contributed by atoms with Crippen LogP contribution < -0.4 is 11.1 Å². The number of nitrogens with one attached hydrogen (secondary N) is 1. The minimum Gasteiger partial charge on any atom is -0.366 e. The van der Waals surface area contributed by atoms with Gasteiger partial charge in [-0.05, 0) is 38.3 Å². The highest BCUT2D eigenvalue weighted by Crippen LogP contribution is 2.18. The van der Waals surface area contributed by atoms with Crippen molar-refractivity contribution in [2.45, 2.75) is 25.7 Å². The van der Waals surface area contributed by atoms with Crippen LogP contribution >= 0.6 is 0 Å². The molecule has 1 aromatic heterocycles. The zero-order chi connectivity index (χ0) is 10.7. The second-order valence-electron chi connectivity index (χ2n) is 4.24. The lowest BCUT2D eigenvalue weighted by Gasteiger charge is -2.22. The first kappa shape index (κ1) is 10.4. The molecule has 0 aliphatic carbocycles. The molecule has 0 atom stereocenters. The molecule has 2 heterocycles. The van der Waals surface area contributed by atoms with E-state index in [0.717, 1.165) is 31.3 Å². The van der Waals surface area contributed by atoms with Gasteiger partial charge in [0.15, 0.2) is 0 Å². The van der Waals surface area contributed by atoms with Crippen LogP contribution in [0.3, 0.4) is 0 Å². The second kappa shape index (κ2) is 4.61. The van der Waals surface area contributed by atoms with Crippen molar-refractivity contribution in [1.29, 1.82) is 0 Å². The Morgan fingerprint density at radius 3 is 2.80 bits per heavy atom. The van der Waals surface area contributed by atoms with Crippen molar-refractivity contribution >= 4 is 5.95 Å². The molecule has 0 spiro atoms. The first-order chi connectivity index (χ1) is 7.25. The highest BCUT2D eigenvalue weighted by Gasteiger charge is 2.14. The SMILES string of the molecule is Cn1nc(N)nc1CCC1CCNCC1. The van der Waals surface area contributed by atoms with Crippen molar-refractivity contribution in [3.05, 3.63) is 5.82 Å². The van der Waals surface area contributed by atoms with Gasteiger partial charge in [0.1, 0.15) is 5.82 Å². The quantitative estimate of drug-likeness (QED) is 0.752. The lowest BCUT2D eigenvalue weighted by atomic mass is 9.93. The van der Waals surface area contributed by atoms with Crippen molar-refractivity contribution in [3.63, 3.8) is 0 Å². The Kier molecular flexibility index (Phi) is 3.20. The molecule has 84 valence electrons. The van der Waals surface area contributed by atoms with Crippen LogP contribution in [0.15, 0.2) is 0 Å². The number of rotatable bonds is 3. The first-order valence-electron chi connectivity index (χ1n) is 5.62. The molecule has 1 aliphatic rings. The maximum Gasteiger partial charge on any atom is 0.239 e. The largest absolute Gasteiger partial charge is 0.366 e. The van der Waals surface area contributed by atoms with Crippen LogP contribution in [0.4, 0.5) is 5.95 Å². The van der Waals surface area contributed by atoms with Crippen LogP contribution in [-0.4, -0.2) is 27.9 Å². The number of anilines is 1. The van der Waals surface area contributed by atoms with Gasteiger partial charge in [-0.2, -0.15) is 4.98 Å². The van der Waals surface area contributed by atoms with Gasteiger partial charge in [-0.1, -0.05) is 0 Å². The molecule has 0 aromatic carbocycles. The summed E-state index contributed by atoms with van der Waals surface area (Å²) in [4.78, 5) is 4.21. The number of aryl methyl sites for hydroxylation is 2. The molecule has 0 saturated carbocycles. The summed E-state index contributed by atoms with van der Waals surface area (Å²) in [6, 6.07) is 0. The van der Waals surface area contributed by atoms with Crippen molar-refractivity contribution in [1.82, 2.24) is 20.1 Å². The van der Waals surface area contributed by atoms with Crippen LogP contribution in [-0.2, 0) is 13.5 Å². The van der Waals surface area contributed by atoms with Crippen molar-refractivity contribution in [2.75, 3.05) is 18.8 Å². The summed E-state index contributed by atoms with van der Waals surface area (Å²) in [6.07, 6.45) is 4.76. The number of aromatic nitrogens is 3. The van der Waals surface area contributed by atoms with Gasteiger partial charge in [0, 0.05) is 13.5 Å². The molecule has 0 amide bonds. The average Bonchev–Trinajstić information content (AvgIpc) is 2.56. The lowest BCUT2D eigenvalue weighted by molar-refractivity contribution is 0.351. The molecule has 0 bridgehead atoms. The number of nitrogens with zero attached hydrogens (tertiary/aromatic N) is 3. The van der Waals surface area contributed by atoms with Crippen molar-refractivity contribution < 1.29 is 0 Å². The molecule has 1 aliphatic heterocycles. The number of piperidine rings is 1. The third-order valence-electron chi connectivity index (χ3n) is 3.10. The van der Waals surface area contributed by atoms with Crippen molar-refractivity contribution in [3.8, 4) is 0 Å². The average molecular weight is 209 g/mol. The Morgan fingerprint density at radius 2 is 2.20 bits per heavy atom. The van der Waals surface area contributed by atoms with E-state index in [2.05, 4.69) is 15.4 Å². The van der Waals surface area contributed by atoms with Crippen LogP contribution in [0.2, 0.25) is 0 Å². The van der Waals surface area contributed by atoms with E-state index >= 15 is 0 Å². The van der Waals surface area contributed by atoms with E-state index in [1.54, 1.807) is 4.68 Å². The maximum atomic E-state index is 5.54. The molecule has 1 aromatic rings. The van der Waals surface area contributed by atoms with E-state index in [1.807, 2.05) is 7.05 Å². The Labute approximate surface area is 90.1 Å². The first-order valence-corrected chi connectivity index (χ1v) is 5.62. The zero-order valence-corrected chi connectivity index (χ0v) is 9.24. The molecule has 2 rings (SSSR count). The van der Waals surface area contributed by atoms with E-state index in [9.17, 15) is 0 Å². The summed E-state index contributed by atoms with van der Waals surface area (Å²) in [5.74, 6) is 2.23. The fourth-order valence-corrected chi connectivity index (χ4v) is 2.16. The topological polar surface area (TPSA) is 68.8 Å². The summed E-state index contributed by atoms with van der Waals surface area (Å²) < 4.78 is 1.79. The predicted octanol–water partition coefficient (Wildman–Crippen LogP) is 0.329. The predicted molar refractivity (Wildman–Crippen MR) is 59.3 cm³/mol. The molecule has 0 radical (unpaired) electrons. The fraction of sp³-hybridized carbons (Fsp3) is 0.800. The maximum absolute atomic E-state index is 5.54. The Bertz CT molecular complexity index is 314. The number of nitrogen functional groups attached to an aromatic ring is 1. The number of hydrogen-bond donors (Lipinski definition) is 2. The Morgan fingerprint density at radius 1 is 1.47 bits per heavy atom. The smallest absolute Gasteiger partial charge is 0.239 e. The molecule has 5 heteroatoms. The highest BCUT2D eigenvalue weighted by molar-refractivity contribution is 5.13. The molecular formula is C10H19N5. The highest BCUT2D eigenvalue weighted by atomic mass is 15.4. The van der Waals surface area contributed by atoms with Gasteiger partial charge in [-0.25, -0.2) is 0 Å². The minimum absolute atomic E-state index is 0.387. The van der Waals surface area contributed by atoms with E-state index in [1.165, 1.54) is 19.3 Å². The zero-order valence-electron chi connectivity index (χ0n) is 9.24. The van der Waals surface area contributed by atoms with Gasteiger partial charge in [-0.3, -0.25) is 4.68 Å². The van der Waals surface area contributed by atoms with E-state index < -0.39 is 0 Å². The number of hydrogen-bond acceptors (Lipinski definition) is 4. The molecule has 5 nitrogen and oxygen atoms in total. The standard InChI is InChI=1S/C10H19N5/c1-15-9(13-10(11)14-15)3-2-8-4-6-12-7-5-8/h8,12H,2-7H2,1H3,(H2,11,14). The molecule has 1 fully saturated rings. The van der Waals surface area contributed by atoms with Crippen LogP contribution in [0, 0.1) is 5.92 Å². The van der Waals surface area contributed by atoms with Gasteiger partial charge in [0.25, 0.3) is 0 Å². The second-order valence-corrected chi connectivity index (χ2v) is 4.24. The van der Waals surface area contributed by atoms with Crippen LogP contribution in [0.25, 0.3) is 0 Å². The summed E-state index contributed by atoms with van der Waals surface area (Å²) in [7, 11) is 1.90. The van der Waals surface area contributed by atoms with Gasteiger partial charge in [0.05, 0.1) is 0 Å². The summed E-state index contributed by atoms with van der Waals surface area (Å²) in [6.45, 7) is 2.32. The third-order valence-corrected chi connectivity index (χ3v) is 3.10. The Balaban J connectivity index is 1.84. The van der Waals surface area contributed by atoms with Gasteiger partial charge >= 0.3 is 0 Å². The summed E-state index contributed by atoms with van der Waals surface area (Å²) in [5.41, 5.74) is 5.54. The van der Waals surface area contributed by atoms with Crippen molar-refractivity contribution in [2.24, 2.45) is 13.0 Å². The lowest BCUT2D eigenvalue weighted by Crippen LogP contribution is -2.28. The summed E-state index contributed by atoms with van der Waals surface area (Å²) >= 11 is 0. The van der Waals surface area contributed by atoms with Gasteiger partial charge < -0.3 is 11.1 Å². The minimum atomic E-state index is 0.387. The normalized spacial score (nSPS) is 18.2. The molecule has 1 saturated heterocycles. The fourth-order valence-electron chi connectivity index (χ4n) is 2.16. The molecular weight excluding hydrogens is 190 g/mol.